The van der Waals surface area contributed by atoms with Crippen molar-refractivity contribution in [3.63, 3.8) is 0 Å². The van der Waals surface area contributed by atoms with Gasteiger partial charge in [-0.3, -0.25) is 14.5 Å². The van der Waals surface area contributed by atoms with Gasteiger partial charge in [-0.25, -0.2) is 0 Å². The molecule has 2 N–H and O–H groups in total. The predicted molar refractivity (Wildman–Crippen MR) is 96.4 cm³/mol. The van der Waals surface area contributed by atoms with Gasteiger partial charge in [-0.2, -0.15) is 5.10 Å². The molecule has 128 valence electrons. The van der Waals surface area contributed by atoms with Crippen LogP contribution >= 0.6 is 0 Å². The number of amides is 1. The van der Waals surface area contributed by atoms with Crippen molar-refractivity contribution in [3.8, 4) is 0 Å². The van der Waals surface area contributed by atoms with Crippen LogP contribution in [-0.2, 0) is 26.4 Å². The van der Waals surface area contributed by atoms with Crippen LogP contribution in [0.2, 0.25) is 0 Å². The maximum atomic E-state index is 12.6. The molecule has 0 radical (unpaired) electrons. The topological polar surface area (TPSA) is 71.8 Å². The summed E-state index contributed by atoms with van der Waals surface area (Å²) in [6.45, 7) is 2.23. The first-order chi connectivity index (χ1) is 12.2. The van der Waals surface area contributed by atoms with E-state index in [-0.39, 0.29) is 5.91 Å². The maximum absolute atomic E-state index is 12.6. The molecule has 1 aliphatic rings. The Hall–Kier alpha value is -2.73. The first-order valence-corrected chi connectivity index (χ1v) is 8.60. The summed E-state index contributed by atoms with van der Waals surface area (Å²) in [5, 5.41) is 11.9. The van der Waals surface area contributed by atoms with E-state index in [0.29, 0.717) is 12.2 Å². The van der Waals surface area contributed by atoms with Gasteiger partial charge in [0.2, 0.25) is 0 Å². The lowest BCUT2D eigenvalue weighted by atomic mass is 10.0. The Kier molecular flexibility index (Phi) is 4.19. The molecule has 4 rings (SSSR count). The van der Waals surface area contributed by atoms with E-state index in [1.165, 1.54) is 0 Å². The van der Waals surface area contributed by atoms with Crippen LogP contribution in [0.25, 0.3) is 10.9 Å². The number of rotatable bonds is 4. The zero-order chi connectivity index (χ0) is 17.2. The van der Waals surface area contributed by atoms with E-state index in [4.69, 9.17) is 0 Å². The summed E-state index contributed by atoms with van der Waals surface area (Å²) in [7, 11) is 1.89. The van der Waals surface area contributed by atoms with Crippen LogP contribution in [0, 0.1) is 0 Å². The highest BCUT2D eigenvalue weighted by atomic mass is 16.1. The van der Waals surface area contributed by atoms with Crippen LogP contribution in [0.5, 0.6) is 0 Å². The van der Waals surface area contributed by atoms with Crippen molar-refractivity contribution in [1.29, 1.82) is 0 Å². The SMILES string of the molecule is Cn1nc(C(=O)NCCc2cccc3cccnc23)c2c1CNCC2. The average Bonchev–Trinajstić information content (AvgIpc) is 2.99. The van der Waals surface area contributed by atoms with Gasteiger partial charge in [0, 0.05) is 37.3 Å². The minimum Gasteiger partial charge on any atom is -0.350 e. The molecule has 0 saturated heterocycles. The smallest absolute Gasteiger partial charge is 0.272 e. The molecule has 0 aliphatic carbocycles. The number of carbonyl (C=O) groups is 1. The van der Waals surface area contributed by atoms with E-state index in [1.54, 1.807) is 6.20 Å². The fraction of sp³-hybridized carbons (Fsp3) is 0.316. The standard InChI is InChI=1S/C19H21N5O/c1-24-16-12-20-10-8-15(16)18(23-24)19(25)22-11-7-14-5-2-4-13-6-3-9-21-17(13)14/h2-6,9,20H,7-8,10-12H2,1H3,(H,22,25). The first-order valence-electron chi connectivity index (χ1n) is 8.60. The molecule has 0 unspecified atom stereocenters. The largest absolute Gasteiger partial charge is 0.350 e. The van der Waals surface area contributed by atoms with Gasteiger partial charge in [0.1, 0.15) is 0 Å². The van der Waals surface area contributed by atoms with E-state index in [0.717, 1.165) is 53.7 Å². The molecule has 2 aromatic heterocycles. The van der Waals surface area contributed by atoms with Gasteiger partial charge < -0.3 is 10.6 Å². The Balaban J connectivity index is 1.46. The summed E-state index contributed by atoms with van der Waals surface area (Å²) in [4.78, 5) is 17.0. The third-order valence-electron chi connectivity index (χ3n) is 4.73. The lowest BCUT2D eigenvalue weighted by molar-refractivity contribution is 0.0947. The van der Waals surface area contributed by atoms with Crippen molar-refractivity contribution >= 4 is 16.8 Å². The molecule has 0 bridgehead atoms. The number of aromatic nitrogens is 3. The summed E-state index contributed by atoms with van der Waals surface area (Å²) >= 11 is 0. The molecule has 1 amide bonds. The summed E-state index contributed by atoms with van der Waals surface area (Å²) in [6, 6.07) is 10.1. The molecule has 0 fully saturated rings. The van der Waals surface area contributed by atoms with Gasteiger partial charge in [0.25, 0.3) is 5.91 Å². The number of nitrogens with zero attached hydrogens (tertiary/aromatic N) is 3. The second-order valence-corrected chi connectivity index (χ2v) is 6.32. The van der Waals surface area contributed by atoms with E-state index >= 15 is 0 Å². The van der Waals surface area contributed by atoms with Crippen LogP contribution in [0.1, 0.15) is 27.3 Å². The molecular formula is C19H21N5O. The second kappa shape index (κ2) is 6.64. The van der Waals surface area contributed by atoms with E-state index in [9.17, 15) is 4.79 Å². The Morgan fingerprint density at radius 2 is 2.20 bits per heavy atom. The van der Waals surface area contributed by atoms with Crippen LogP contribution < -0.4 is 10.6 Å². The van der Waals surface area contributed by atoms with Crippen molar-refractivity contribution < 1.29 is 4.79 Å². The van der Waals surface area contributed by atoms with Crippen molar-refractivity contribution in [1.82, 2.24) is 25.4 Å². The Labute approximate surface area is 146 Å². The van der Waals surface area contributed by atoms with Crippen molar-refractivity contribution in [2.45, 2.75) is 19.4 Å². The third kappa shape index (κ3) is 3.00. The van der Waals surface area contributed by atoms with Gasteiger partial charge in [0.05, 0.1) is 11.2 Å². The lowest BCUT2D eigenvalue weighted by Gasteiger charge is -2.14. The van der Waals surface area contributed by atoms with E-state index in [2.05, 4.69) is 38.9 Å². The minimum atomic E-state index is -0.0908. The Bertz CT molecular complexity index is 925. The van der Waals surface area contributed by atoms with Crippen LogP contribution in [0.3, 0.4) is 0 Å². The zero-order valence-corrected chi connectivity index (χ0v) is 14.2. The highest BCUT2D eigenvalue weighted by molar-refractivity contribution is 5.94. The molecule has 6 heteroatoms. The quantitative estimate of drug-likeness (QED) is 0.759. The molecule has 0 spiro atoms. The number of hydrogen-bond donors (Lipinski definition) is 2. The molecular weight excluding hydrogens is 314 g/mol. The maximum Gasteiger partial charge on any atom is 0.272 e. The van der Waals surface area contributed by atoms with Gasteiger partial charge in [-0.15, -0.1) is 0 Å². The van der Waals surface area contributed by atoms with Crippen molar-refractivity contribution in [2.75, 3.05) is 13.1 Å². The third-order valence-corrected chi connectivity index (χ3v) is 4.73. The lowest BCUT2D eigenvalue weighted by Crippen LogP contribution is -2.29. The van der Waals surface area contributed by atoms with Crippen LogP contribution in [0.4, 0.5) is 0 Å². The number of aryl methyl sites for hydroxylation is 1. The number of nitrogens with one attached hydrogen (secondary N) is 2. The summed E-state index contributed by atoms with van der Waals surface area (Å²) in [5.41, 5.74) is 4.89. The fourth-order valence-electron chi connectivity index (χ4n) is 3.45. The monoisotopic (exact) mass is 335 g/mol. The summed E-state index contributed by atoms with van der Waals surface area (Å²) < 4.78 is 1.81. The molecule has 3 heterocycles. The average molecular weight is 335 g/mol. The Morgan fingerprint density at radius 3 is 3.12 bits per heavy atom. The molecule has 6 nitrogen and oxygen atoms in total. The van der Waals surface area contributed by atoms with Gasteiger partial charge in [-0.1, -0.05) is 24.3 Å². The Morgan fingerprint density at radius 1 is 1.32 bits per heavy atom. The molecule has 1 aliphatic heterocycles. The first kappa shape index (κ1) is 15.8. The molecule has 3 aromatic rings. The number of benzene rings is 1. The van der Waals surface area contributed by atoms with E-state index < -0.39 is 0 Å². The molecule has 1 aromatic carbocycles. The van der Waals surface area contributed by atoms with Crippen molar-refractivity contribution in [2.24, 2.45) is 7.05 Å². The number of hydrogen-bond acceptors (Lipinski definition) is 4. The van der Waals surface area contributed by atoms with E-state index in [1.807, 2.05) is 23.9 Å². The molecule has 0 atom stereocenters. The second-order valence-electron chi connectivity index (χ2n) is 6.32. The van der Waals surface area contributed by atoms with Gasteiger partial charge in [0.15, 0.2) is 5.69 Å². The zero-order valence-electron chi connectivity index (χ0n) is 14.2. The molecule has 0 saturated carbocycles. The van der Waals surface area contributed by atoms with Crippen LogP contribution in [-0.4, -0.2) is 33.8 Å². The van der Waals surface area contributed by atoms with Gasteiger partial charge in [-0.05, 0) is 31.0 Å². The highest BCUT2D eigenvalue weighted by Gasteiger charge is 2.23. The predicted octanol–water partition coefficient (Wildman–Crippen LogP) is 1.59. The normalized spacial score (nSPS) is 13.6. The fourth-order valence-corrected chi connectivity index (χ4v) is 3.45. The highest BCUT2D eigenvalue weighted by Crippen LogP contribution is 2.18. The summed E-state index contributed by atoms with van der Waals surface area (Å²) in [5.74, 6) is -0.0908. The number of para-hydroxylation sites is 1. The molecule has 25 heavy (non-hydrogen) atoms. The number of fused-ring (bicyclic) bond motifs is 2. The number of carbonyl (C=O) groups excluding carboxylic acids is 1. The minimum absolute atomic E-state index is 0.0908. The number of pyridine rings is 1. The van der Waals surface area contributed by atoms with Gasteiger partial charge >= 0.3 is 0 Å². The van der Waals surface area contributed by atoms with Crippen LogP contribution in [0.15, 0.2) is 36.5 Å². The van der Waals surface area contributed by atoms with Crippen molar-refractivity contribution in [3.05, 3.63) is 59.0 Å². The summed E-state index contributed by atoms with van der Waals surface area (Å²) in [6.07, 6.45) is 3.40.